The summed E-state index contributed by atoms with van der Waals surface area (Å²) in [6, 6.07) is 0. The second kappa shape index (κ2) is 4.42. The molecule has 0 radical (unpaired) electrons. The van der Waals surface area contributed by atoms with Crippen LogP contribution < -0.4 is 10.3 Å². The Labute approximate surface area is 72.6 Å². The predicted octanol–water partition coefficient (Wildman–Crippen LogP) is -0.245. The lowest BCUT2D eigenvalue weighted by Gasteiger charge is -2.09. The molecular formula is C6H14N2O3S. The molecule has 0 saturated carbocycles. The average molecular weight is 194 g/mol. The van der Waals surface area contributed by atoms with E-state index in [-0.39, 0.29) is 12.3 Å². The maximum atomic E-state index is 11.0. The molecule has 6 heteroatoms. The van der Waals surface area contributed by atoms with Crippen molar-refractivity contribution in [2.24, 2.45) is 0 Å². The minimum Gasteiger partial charge on any atom is -0.278 e. The first-order valence-electron chi connectivity index (χ1n) is 3.69. The first-order valence-corrected chi connectivity index (χ1v) is 5.24. The molecule has 0 aliphatic carbocycles. The minimum atomic E-state index is -3.39. The van der Waals surface area contributed by atoms with E-state index < -0.39 is 15.3 Å². The molecule has 0 aliphatic rings. The minimum absolute atomic E-state index is 0.251. The van der Waals surface area contributed by atoms with Crippen molar-refractivity contribution in [3.63, 3.8) is 0 Å². The summed E-state index contributed by atoms with van der Waals surface area (Å²) in [4.78, 5) is 12.6. The van der Waals surface area contributed by atoms with Gasteiger partial charge in [0, 0.05) is 6.42 Å². The Balaban J connectivity index is 4.02. The van der Waals surface area contributed by atoms with Gasteiger partial charge in [0.25, 0.3) is 0 Å². The molecule has 1 amide bonds. The zero-order valence-electron chi connectivity index (χ0n) is 7.42. The smallest absolute Gasteiger partial charge is 0.234 e. The lowest BCUT2D eigenvalue weighted by molar-refractivity contribution is -0.121. The third-order valence-electron chi connectivity index (χ3n) is 1.27. The number of carbonyl (C=O) groups excluding carboxylic acids is 1. The summed E-state index contributed by atoms with van der Waals surface area (Å²) in [7, 11) is -3.39. The van der Waals surface area contributed by atoms with Gasteiger partial charge < -0.3 is 0 Å². The normalized spacial score (nSPS) is 11.7. The van der Waals surface area contributed by atoms with Crippen molar-refractivity contribution < 1.29 is 13.2 Å². The van der Waals surface area contributed by atoms with Crippen LogP contribution in [0.15, 0.2) is 0 Å². The van der Waals surface area contributed by atoms with E-state index in [1.54, 1.807) is 6.92 Å². The summed E-state index contributed by atoms with van der Waals surface area (Å²) in [5.74, 6) is -0.348. The van der Waals surface area contributed by atoms with Crippen LogP contribution in [0.2, 0.25) is 0 Å². The van der Waals surface area contributed by atoms with Gasteiger partial charge in [-0.2, -0.15) is 0 Å². The van der Waals surface area contributed by atoms with E-state index in [0.29, 0.717) is 0 Å². The van der Waals surface area contributed by atoms with Crippen molar-refractivity contribution >= 4 is 15.9 Å². The Morgan fingerprint density at radius 1 is 1.42 bits per heavy atom. The van der Waals surface area contributed by atoms with Gasteiger partial charge in [0.15, 0.2) is 0 Å². The van der Waals surface area contributed by atoms with Gasteiger partial charge in [-0.05, 0) is 13.8 Å². The van der Waals surface area contributed by atoms with Crippen LogP contribution >= 0.6 is 0 Å². The lowest BCUT2D eigenvalue weighted by atomic mass is 10.5. The van der Waals surface area contributed by atoms with Gasteiger partial charge in [-0.15, -0.1) is 4.83 Å². The molecule has 0 fully saturated rings. The Hall–Kier alpha value is -0.620. The molecule has 0 aromatic rings. The Morgan fingerprint density at radius 2 is 1.92 bits per heavy atom. The highest BCUT2D eigenvalue weighted by Crippen LogP contribution is 1.93. The topological polar surface area (TPSA) is 75.3 Å². The van der Waals surface area contributed by atoms with Crippen molar-refractivity contribution in [1.82, 2.24) is 10.3 Å². The van der Waals surface area contributed by atoms with Gasteiger partial charge in [0.2, 0.25) is 15.9 Å². The summed E-state index contributed by atoms with van der Waals surface area (Å²) in [5.41, 5.74) is 2.08. The molecule has 0 aliphatic heterocycles. The number of hydrogen-bond donors (Lipinski definition) is 2. The summed E-state index contributed by atoms with van der Waals surface area (Å²) in [5, 5.41) is -0.547. The lowest BCUT2D eigenvalue weighted by Crippen LogP contribution is -2.44. The monoisotopic (exact) mass is 194 g/mol. The molecule has 0 aromatic heterocycles. The van der Waals surface area contributed by atoms with Gasteiger partial charge in [-0.3, -0.25) is 10.2 Å². The van der Waals surface area contributed by atoms with Crippen LogP contribution in [0, 0.1) is 0 Å². The number of hydrazine groups is 1. The molecule has 0 spiro atoms. The van der Waals surface area contributed by atoms with Crippen LogP contribution in [0.5, 0.6) is 0 Å². The number of amides is 1. The molecule has 0 atom stereocenters. The first-order chi connectivity index (χ1) is 5.40. The van der Waals surface area contributed by atoms with Crippen LogP contribution in [0.25, 0.3) is 0 Å². The van der Waals surface area contributed by atoms with Gasteiger partial charge in [-0.25, -0.2) is 8.42 Å². The van der Waals surface area contributed by atoms with Gasteiger partial charge in [0.1, 0.15) is 0 Å². The molecular weight excluding hydrogens is 180 g/mol. The Kier molecular flexibility index (Phi) is 4.19. The second-order valence-corrected chi connectivity index (χ2v) is 4.83. The molecule has 0 unspecified atom stereocenters. The quantitative estimate of drug-likeness (QED) is 0.606. The van der Waals surface area contributed by atoms with Crippen LogP contribution in [0.4, 0.5) is 0 Å². The van der Waals surface area contributed by atoms with E-state index in [4.69, 9.17) is 0 Å². The van der Waals surface area contributed by atoms with Crippen molar-refractivity contribution in [2.75, 3.05) is 0 Å². The molecule has 0 bridgehead atoms. The standard InChI is InChI=1S/C6H14N2O3S/c1-4-6(9)7-8-12(10,11)5(2)3/h5,8H,4H2,1-3H3,(H,7,9). The predicted molar refractivity (Wildman–Crippen MR) is 45.6 cm³/mol. The Bertz CT molecular complexity index is 246. The van der Waals surface area contributed by atoms with Crippen molar-refractivity contribution in [3.05, 3.63) is 0 Å². The highest BCUT2D eigenvalue weighted by atomic mass is 32.2. The largest absolute Gasteiger partial charge is 0.278 e. The van der Waals surface area contributed by atoms with E-state index in [9.17, 15) is 13.2 Å². The highest BCUT2D eigenvalue weighted by molar-refractivity contribution is 7.90. The molecule has 0 saturated heterocycles. The summed E-state index contributed by atoms with van der Waals surface area (Å²) in [6.07, 6.45) is 0.251. The van der Waals surface area contributed by atoms with Gasteiger partial charge in [0.05, 0.1) is 5.25 Å². The van der Waals surface area contributed by atoms with Crippen LogP contribution in [0.3, 0.4) is 0 Å². The van der Waals surface area contributed by atoms with E-state index in [1.165, 1.54) is 13.8 Å². The fourth-order valence-corrected chi connectivity index (χ4v) is 0.826. The number of nitrogens with one attached hydrogen (secondary N) is 2. The zero-order valence-corrected chi connectivity index (χ0v) is 8.23. The fraction of sp³-hybridized carbons (Fsp3) is 0.833. The van der Waals surface area contributed by atoms with E-state index in [1.807, 2.05) is 4.83 Å². The first kappa shape index (κ1) is 11.4. The van der Waals surface area contributed by atoms with E-state index >= 15 is 0 Å². The molecule has 0 rings (SSSR count). The van der Waals surface area contributed by atoms with Crippen LogP contribution in [0.1, 0.15) is 27.2 Å². The maximum absolute atomic E-state index is 11.0. The number of sulfonamides is 1. The number of rotatable bonds is 4. The van der Waals surface area contributed by atoms with Crippen molar-refractivity contribution in [2.45, 2.75) is 32.4 Å². The zero-order chi connectivity index (χ0) is 9.78. The SMILES string of the molecule is CCC(=O)NNS(=O)(=O)C(C)C. The molecule has 12 heavy (non-hydrogen) atoms. The molecule has 72 valence electrons. The van der Waals surface area contributed by atoms with Crippen LogP contribution in [-0.4, -0.2) is 19.6 Å². The summed E-state index contributed by atoms with van der Waals surface area (Å²) in [6.45, 7) is 4.69. The highest BCUT2D eigenvalue weighted by Gasteiger charge is 2.15. The average Bonchev–Trinajstić information content (AvgIpc) is 2.00. The van der Waals surface area contributed by atoms with Crippen LogP contribution in [-0.2, 0) is 14.8 Å². The number of carbonyl (C=O) groups is 1. The van der Waals surface area contributed by atoms with Crippen molar-refractivity contribution in [1.29, 1.82) is 0 Å². The second-order valence-electron chi connectivity index (χ2n) is 2.60. The maximum Gasteiger partial charge on any atom is 0.234 e. The summed E-state index contributed by atoms with van der Waals surface area (Å²) >= 11 is 0. The summed E-state index contributed by atoms with van der Waals surface area (Å²) < 4.78 is 22.0. The molecule has 0 heterocycles. The van der Waals surface area contributed by atoms with Gasteiger partial charge >= 0.3 is 0 Å². The van der Waals surface area contributed by atoms with Gasteiger partial charge in [-0.1, -0.05) is 6.92 Å². The Morgan fingerprint density at radius 3 is 2.25 bits per heavy atom. The fourth-order valence-electron chi connectivity index (χ4n) is 0.334. The molecule has 5 nitrogen and oxygen atoms in total. The molecule has 2 N–H and O–H groups in total. The third kappa shape index (κ3) is 3.68. The molecule has 0 aromatic carbocycles. The van der Waals surface area contributed by atoms with E-state index in [0.717, 1.165) is 0 Å². The van der Waals surface area contributed by atoms with Crippen molar-refractivity contribution in [3.8, 4) is 0 Å². The van der Waals surface area contributed by atoms with E-state index in [2.05, 4.69) is 5.43 Å². The number of hydrogen-bond acceptors (Lipinski definition) is 3. The third-order valence-corrected chi connectivity index (χ3v) is 2.90.